The number of ether oxygens (including phenoxy) is 2. The van der Waals surface area contributed by atoms with Crippen LogP contribution in [-0.2, 0) is 4.79 Å². The van der Waals surface area contributed by atoms with Gasteiger partial charge in [-0.2, -0.15) is 0 Å². The summed E-state index contributed by atoms with van der Waals surface area (Å²) in [6.45, 7) is 0.856. The molecular weight excluding hydrogens is 536 g/mol. The molecule has 1 aliphatic rings. The van der Waals surface area contributed by atoms with Gasteiger partial charge < -0.3 is 29.4 Å². The number of anilines is 1. The number of rotatable bonds is 7. The van der Waals surface area contributed by atoms with Crippen LogP contribution in [0.4, 0.5) is 11.4 Å². The second-order valence-electron chi connectivity index (χ2n) is 9.09. The molecule has 190 valence electrons. The predicted molar refractivity (Wildman–Crippen MR) is 149 cm³/mol. The van der Waals surface area contributed by atoms with Gasteiger partial charge in [0.2, 0.25) is 12.7 Å². The molecule has 8 nitrogen and oxygen atoms in total. The van der Waals surface area contributed by atoms with Crippen LogP contribution in [0.1, 0.15) is 17.5 Å². The number of aromatic amines is 1. The Labute approximate surface area is 223 Å². The van der Waals surface area contributed by atoms with Crippen LogP contribution in [0.25, 0.3) is 10.9 Å². The predicted octanol–water partition coefficient (Wildman–Crippen LogP) is 5.45. The molecule has 9 heteroatoms. The molecule has 4 aromatic rings. The van der Waals surface area contributed by atoms with E-state index in [2.05, 4.69) is 20.9 Å². The summed E-state index contributed by atoms with van der Waals surface area (Å²) >= 11 is 3.49. The number of hydrogen-bond acceptors (Lipinski definition) is 6. The Kier molecular flexibility index (Phi) is 6.90. The van der Waals surface area contributed by atoms with E-state index in [1.54, 1.807) is 11.9 Å². The summed E-state index contributed by atoms with van der Waals surface area (Å²) in [7, 11) is 5.67. The number of carbonyl (C=O) groups is 1. The summed E-state index contributed by atoms with van der Waals surface area (Å²) in [6.07, 6.45) is 0.438. The van der Waals surface area contributed by atoms with E-state index in [-0.39, 0.29) is 18.6 Å². The highest BCUT2D eigenvalue weighted by Gasteiger charge is 2.22. The fourth-order valence-corrected chi connectivity index (χ4v) is 4.58. The first kappa shape index (κ1) is 24.9. The van der Waals surface area contributed by atoms with Gasteiger partial charge in [-0.15, -0.1) is 0 Å². The van der Waals surface area contributed by atoms with E-state index in [1.807, 2.05) is 79.7 Å². The number of aromatic nitrogens is 1. The topological polar surface area (TPSA) is 90.4 Å². The Bertz CT molecular complexity index is 1490. The minimum absolute atomic E-state index is 0.0207. The van der Waals surface area contributed by atoms with E-state index in [0.717, 1.165) is 26.6 Å². The minimum Gasteiger partial charge on any atom is -0.494 e. The van der Waals surface area contributed by atoms with Gasteiger partial charge in [0.1, 0.15) is 0 Å². The van der Waals surface area contributed by atoms with Crippen molar-refractivity contribution < 1.29 is 19.4 Å². The fraction of sp³-hybridized carbons (Fsp3) is 0.214. The molecule has 1 aromatic heterocycles. The maximum atomic E-state index is 12.5. The third-order valence-electron chi connectivity index (χ3n) is 6.25. The molecule has 0 unspecified atom stereocenters. The highest BCUT2D eigenvalue weighted by atomic mass is 79.9. The number of aromatic hydroxyl groups is 1. The van der Waals surface area contributed by atoms with E-state index in [9.17, 15) is 9.90 Å². The van der Waals surface area contributed by atoms with E-state index >= 15 is 0 Å². The maximum absolute atomic E-state index is 12.5. The SMILES string of the molecule is CN(C)CCC(=O)N(C)c1ccc(N=C(c2ccc3c(c2)OCO3)c2c(O)[nH]c3cc(Br)ccc23)cc1. The number of H-pyrrole nitrogens is 1. The van der Waals surface area contributed by atoms with Crippen LogP contribution in [0.3, 0.4) is 0 Å². The van der Waals surface area contributed by atoms with Crippen LogP contribution < -0.4 is 14.4 Å². The summed E-state index contributed by atoms with van der Waals surface area (Å²) in [5.41, 5.74) is 4.17. The van der Waals surface area contributed by atoms with Gasteiger partial charge in [-0.1, -0.05) is 22.0 Å². The summed E-state index contributed by atoms with van der Waals surface area (Å²) in [5, 5.41) is 11.8. The lowest BCUT2D eigenvalue weighted by atomic mass is 10.00. The van der Waals surface area contributed by atoms with Crippen molar-refractivity contribution in [2.24, 2.45) is 4.99 Å². The van der Waals surface area contributed by atoms with Gasteiger partial charge in [-0.3, -0.25) is 4.79 Å². The number of benzene rings is 3. The first-order valence-electron chi connectivity index (χ1n) is 11.8. The minimum atomic E-state index is 0.0207. The Morgan fingerprint density at radius 3 is 2.54 bits per heavy atom. The van der Waals surface area contributed by atoms with E-state index < -0.39 is 0 Å². The summed E-state index contributed by atoms with van der Waals surface area (Å²) < 4.78 is 12.0. The summed E-state index contributed by atoms with van der Waals surface area (Å²) in [4.78, 5) is 24.2. The molecule has 0 aliphatic carbocycles. The maximum Gasteiger partial charge on any atom is 0.231 e. The first-order valence-corrected chi connectivity index (χ1v) is 12.6. The van der Waals surface area contributed by atoms with Crippen molar-refractivity contribution in [3.05, 3.63) is 76.3 Å². The summed E-state index contributed by atoms with van der Waals surface area (Å²) in [5.74, 6) is 1.36. The quantitative estimate of drug-likeness (QED) is 0.292. The van der Waals surface area contributed by atoms with Gasteiger partial charge in [0.05, 0.1) is 22.5 Å². The molecule has 0 radical (unpaired) electrons. The highest BCUT2D eigenvalue weighted by molar-refractivity contribution is 9.10. The second kappa shape index (κ2) is 10.3. The van der Waals surface area contributed by atoms with Crippen LogP contribution in [0.2, 0.25) is 0 Å². The largest absolute Gasteiger partial charge is 0.494 e. The molecule has 37 heavy (non-hydrogen) atoms. The Hall–Kier alpha value is -3.82. The fourth-order valence-electron chi connectivity index (χ4n) is 4.21. The zero-order chi connectivity index (χ0) is 26.1. The van der Waals surface area contributed by atoms with Crippen molar-refractivity contribution in [1.82, 2.24) is 9.88 Å². The van der Waals surface area contributed by atoms with Crippen molar-refractivity contribution in [2.45, 2.75) is 6.42 Å². The number of hydrogen-bond donors (Lipinski definition) is 2. The molecule has 1 aliphatic heterocycles. The van der Waals surface area contributed by atoms with Gasteiger partial charge in [-0.25, -0.2) is 4.99 Å². The van der Waals surface area contributed by atoms with Crippen LogP contribution in [-0.4, -0.2) is 61.1 Å². The standard InChI is InChI=1S/C28H27BrN4O4/c1-32(2)13-12-25(34)33(3)20-8-6-19(7-9-20)30-27(17-4-11-23-24(14-17)37-16-36-23)26-21-10-5-18(29)15-22(21)31-28(26)35/h4-11,14-15,31,35H,12-13,16H2,1-3H3. The average Bonchev–Trinajstić information content (AvgIpc) is 3.48. The number of nitrogens with one attached hydrogen (secondary N) is 1. The highest BCUT2D eigenvalue weighted by Crippen LogP contribution is 2.37. The lowest BCUT2D eigenvalue weighted by Gasteiger charge is -2.19. The van der Waals surface area contributed by atoms with Crippen LogP contribution in [0, 0.1) is 0 Å². The second-order valence-corrected chi connectivity index (χ2v) is 10.0. The van der Waals surface area contributed by atoms with Gasteiger partial charge in [0.15, 0.2) is 17.4 Å². The number of carbonyl (C=O) groups excluding carboxylic acids is 1. The van der Waals surface area contributed by atoms with Gasteiger partial charge >= 0.3 is 0 Å². The first-order chi connectivity index (χ1) is 17.8. The number of fused-ring (bicyclic) bond motifs is 2. The summed E-state index contributed by atoms with van der Waals surface area (Å²) in [6, 6.07) is 18.8. The molecule has 0 fully saturated rings. The third-order valence-corrected chi connectivity index (χ3v) is 6.74. The molecule has 2 heterocycles. The van der Waals surface area contributed by atoms with E-state index in [4.69, 9.17) is 14.5 Å². The van der Waals surface area contributed by atoms with E-state index in [1.165, 1.54) is 0 Å². The van der Waals surface area contributed by atoms with Gasteiger partial charge in [0, 0.05) is 41.1 Å². The lowest BCUT2D eigenvalue weighted by Crippen LogP contribution is -2.29. The van der Waals surface area contributed by atoms with E-state index in [0.29, 0.717) is 41.4 Å². The van der Waals surface area contributed by atoms with Gasteiger partial charge in [0.25, 0.3) is 0 Å². The Morgan fingerprint density at radius 2 is 1.78 bits per heavy atom. The molecule has 0 spiro atoms. The zero-order valence-electron chi connectivity index (χ0n) is 20.8. The Morgan fingerprint density at radius 1 is 1.03 bits per heavy atom. The lowest BCUT2D eigenvalue weighted by molar-refractivity contribution is -0.118. The molecule has 0 saturated heterocycles. The third kappa shape index (κ3) is 5.19. The Balaban J connectivity index is 1.55. The molecule has 0 saturated carbocycles. The van der Waals surface area contributed by atoms with Gasteiger partial charge in [-0.05, 0) is 68.7 Å². The molecular formula is C28H27BrN4O4. The number of amides is 1. The normalized spacial score (nSPS) is 12.9. The molecule has 3 aromatic carbocycles. The van der Waals surface area contributed by atoms with Crippen molar-refractivity contribution in [3.63, 3.8) is 0 Å². The van der Waals surface area contributed by atoms with Crippen molar-refractivity contribution >= 4 is 49.8 Å². The molecule has 2 N–H and O–H groups in total. The van der Waals surface area contributed by atoms with Crippen LogP contribution in [0.15, 0.2) is 70.1 Å². The van der Waals surface area contributed by atoms with Crippen molar-refractivity contribution in [2.75, 3.05) is 39.4 Å². The van der Waals surface area contributed by atoms with Crippen molar-refractivity contribution in [3.8, 4) is 17.4 Å². The van der Waals surface area contributed by atoms with Crippen molar-refractivity contribution in [1.29, 1.82) is 0 Å². The smallest absolute Gasteiger partial charge is 0.231 e. The monoisotopic (exact) mass is 562 g/mol. The van der Waals surface area contributed by atoms with Crippen LogP contribution >= 0.6 is 15.9 Å². The van der Waals surface area contributed by atoms with Crippen LogP contribution in [0.5, 0.6) is 17.4 Å². The molecule has 1 amide bonds. The molecule has 0 bridgehead atoms. The zero-order valence-corrected chi connectivity index (χ0v) is 22.4. The number of nitrogens with zero attached hydrogens (tertiary/aromatic N) is 3. The number of halogens is 1. The average molecular weight is 563 g/mol. The number of aliphatic imine (C=N–C) groups is 1. The molecule has 0 atom stereocenters. The molecule has 5 rings (SSSR count).